The molecule has 1 amide bonds. The molecule has 0 unspecified atom stereocenters. The van der Waals surface area contributed by atoms with Crippen molar-refractivity contribution in [2.75, 3.05) is 13.7 Å². The van der Waals surface area contributed by atoms with Gasteiger partial charge in [-0.25, -0.2) is 0 Å². The van der Waals surface area contributed by atoms with Crippen molar-refractivity contribution >= 4 is 23.1 Å². The highest BCUT2D eigenvalue weighted by molar-refractivity contribution is 7.80. The molecular formula is C15H20N2O3S. The quantitative estimate of drug-likeness (QED) is 0.815. The third-order valence-electron chi connectivity index (χ3n) is 3.79. The van der Waals surface area contributed by atoms with Crippen molar-refractivity contribution in [2.24, 2.45) is 5.73 Å². The van der Waals surface area contributed by atoms with Gasteiger partial charge in [-0.3, -0.25) is 4.79 Å². The number of carbonyl (C=O) groups excluding carboxylic acids is 1. The lowest BCUT2D eigenvalue weighted by Crippen LogP contribution is -2.43. The van der Waals surface area contributed by atoms with E-state index in [1.807, 2.05) is 0 Å². The molecule has 1 aromatic rings. The summed E-state index contributed by atoms with van der Waals surface area (Å²) in [6.45, 7) is 0.240. The SMILES string of the molecule is COc1ccc(C(=O)N(CC(N)=S)C2CCCC2)c(O)c1. The standard InChI is InChI=1S/C15H20N2O3S/c1-20-11-6-7-12(13(18)8-11)15(19)17(9-14(16)21)10-4-2-3-5-10/h6-8,10,18H,2-5,9H2,1H3,(H2,16,21). The fourth-order valence-corrected chi connectivity index (χ4v) is 2.86. The lowest BCUT2D eigenvalue weighted by atomic mass is 10.1. The number of phenols is 1. The van der Waals surface area contributed by atoms with Crippen LogP contribution in [0.25, 0.3) is 0 Å². The van der Waals surface area contributed by atoms with Crippen LogP contribution in [0.1, 0.15) is 36.0 Å². The number of nitrogens with two attached hydrogens (primary N) is 1. The van der Waals surface area contributed by atoms with Crippen molar-refractivity contribution in [2.45, 2.75) is 31.7 Å². The van der Waals surface area contributed by atoms with Crippen LogP contribution in [0, 0.1) is 0 Å². The second kappa shape index (κ2) is 6.76. The highest BCUT2D eigenvalue weighted by Gasteiger charge is 2.29. The summed E-state index contributed by atoms with van der Waals surface area (Å²) in [6, 6.07) is 4.79. The number of amides is 1. The first-order valence-electron chi connectivity index (χ1n) is 6.99. The van der Waals surface area contributed by atoms with Crippen molar-refractivity contribution < 1.29 is 14.6 Å². The summed E-state index contributed by atoms with van der Waals surface area (Å²) in [5, 5.41) is 10.0. The number of hydrogen-bond donors (Lipinski definition) is 2. The molecule has 6 heteroatoms. The molecule has 1 saturated carbocycles. The first-order valence-corrected chi connectivity index (χ1v) is 7.40. The van der Waals surface area contributed by atoms with E-state index in [2.05, 4.69) is 0 Å². The van der Waals surface area contributed by atoms with Gasteiger partial charge >= 0.3 is 0 Å². The fourth-order valence-electron chi connectivity index (χ4n) is 2.72. The Morgan fingerprint density at radius 1 is 1.48 bits per heavy atom. The zero-order chi connectivity index (χ0) is 15.4. The minimum atomic E-state index is -0.241. The highest BCUT2D eigenvalue weighted by Crippen LogP contribution is 2.29. The summed E-state index contributed by atoms with van der Waals surface area (Å²) in [5.41, 5.74) is 5.86. The number of ether oxygens (including phenoxy) is 1. The molecule has 0 saturated heterocycles. The Kier molecular flexibility index (Phi) is 5.01. The van der Waals surface area contributed by atoms with Gasteiger partial charge in [0.15, 0.2) is 0 Å². The number of rotatable bonds is 5. The Labute approximate surface area is 129 Å². The van der Waals surface area contributed by atoms with Gasteiger partial charge in [0.1, 0.15) is 11.5 Å². The maximum atomic E-state index is 12.7. The van der Waals surface area contributed by atoms with Crippen LogP contribution in [0.2, 0.25) is 0 Å². The van der Waals surface area contributed by atoms with E-state index in [1.165, 1.54) is 13.2 Å². The van der Waals surface area contributed by atoms with E-state index in [0.717, 1.165) is 25.7 Å². The number of hydrogen-bond acceptors (Lipinski definition) is 4. The Morgan fingerprint density at radius 3 is 2.67 bits per heavy atom. The fraction of sp³-hybridized carbons (Fsp3) is 0.467. The number of aromatic hydroxyl groups is 1. The van der Waals surface area contributed by atoms with Gasteiger partial charge < -0.3 is 20.5 Å². The van der Waals surface area contributed by atoms with Gasteiger partial charge in [-0.15, -0.1) is 0 Å². The summed E-state index contributed by atoms with van der Waals surface area (Å²) in [4.78, 5) is 14.7. The molecule has 0 aliphatic heterocycles. The molecule has 0 radical (unpaired) electrons. The maximum absolute atomic E-state index is 12.7. The lowest BCUT2D eigenvalue weighted by Gasteiger charge is -2.29. The van der Waals surface area contributed by atoms with Gasteiger partial charge in [0.05, 0.1) is 24.2 Å². The molecule has 0 heterocycles. The van der Waals surface area contributed by atoms with E-state index in [0.29, 0.717) is 5.75 Å². The molecule has 0 bridgehead atoms. The minimum absolute atomic E-state index is 0.0923. The van der Waals surface area contributed by atoms with Crippen molar-refractivity contribution in [3.8, 4) is 11.5 Å². The van der Waals surface area contributed by atoms with Crippen molar-refractivity contribution in [1.29, 1.82) is 0 Å². The van der Waals surface area contributed by atoms with Gasteiger partial charge in [-0.05, 0) is 25.0 Å². The predicted molar refractivity (Wildman–Crippen MR) is 84.7 cm³/mol. The van der Waals surface area contributed by atoms with Crippen molar-refractivity contribution in [3.05, 3.63) is 23.8 Å². The number of phenolic OH excluding ortho intramolecular Hbond substituents is 1. The van der Waals surface area contributed by atoms with Gasteiger partial charge in [-0.1, -0.05) is 25.1 Å². The molecule has 114 valence electrons. The van der Waals surface area contributed by atoms with E-state index < -0.39 is 0 Å². The van der Waals surface area contributed by atoms with E-state index in [9.17, 15) is 9.90 Å². The average Bonchev–Trinajstić information content (AvgIpc) is 2.97. The molecular weight excluding hydrogens is 288 g/mol. The van der Waals surface area contributed by atoms with Crippen LogP contribution in [0.3, 0.4) is 0 Å². The molecule has 1 fully saturated rings. The molecule has 1 aliphatic rings. The zero-order valence-corrected chi connectivity index (χ0v) is 12.9. The van der Waals surface area contributed by atoms with Crippen LogP contribution < -0.4 is 10.5 Å². The topological polar surface area (TPSA) is 75.8 Å². The molecule has 0 atom stereocenters. The molecule has 2 rings (SSSR count). The summed E-state index contributed by atoms with van der Waals surface area (Å²) < 4.78 is 5.03. The number of methoxy groups -OCH3 is 1. The highest BCUT2D eigenvalue weighted by atomic mass is 32.1. The average molecular weight is 308 g/mol. The van der Waals surface area contributed by atoms with Crippen LogP contribution in [0.4, 0.5) is 0 Å². The molecule has 1 aromatic carbocycles. The summed E-state index contributed by atoms with van der Waals surface area (Å²) in [5.74, 6) is 0.172. The monoisotopic (exact) mass is 308 g/mol. The summed E-state index contributed by atoms with van der Waals surface area (Å²) in [6.07, 6.45) is 4.09. The summed E-state index contributed by atoms with van der Waals surface area (Å²) >= 11 is 4.95. The van der Waals surface area contributed by atoms with Crippen molar-refractivity contribution in [1.82, 2.24) is 4.90 Å². The van der Waals surface area contributed by atoms with Gasteiger partial charge in [0.25, 0.3) is 5.91 Å². The normalized spacial score (nSPS) is 14.9. The van der Waals surface area contributed by atoms with E-state index in [-0.39, 0.29) is 34.8 Å². The third kappa shape index (κ3) is 3.64. The van der Waals surface area contributed by atoms with Crippen LogP contribution >= 0.6 is 12.2 Å². The van der Waals surface area contributed by atoms with Gasteiger partial charge in [0, 0.05) is 12.1 Å². The number of benzene rings is 1. The number of carbonyl (C=O) groups is 1. The van der Waals surface area contributed by atoms with E-state index >= 15 is 0 Å². The van der Waals surface area contributed by atoms with E-state index in [1.54, 1.807) is 17.0 Å². The maximum Gasteiger partial charge on any atom is 0.258 e. The zero-order valence-electron chi connectivity index (χ0n) is 12.0. The Bertz CT molecular complexity index is 542. The second-order valence-corrected chi connectivity index (χ2v) is 5.75. The van der Waals surface area contributed by atoms with Crippen LogP contribution in [-0.4, -0.2) is 40.6 Å². The third-order valence-corrected chi connectivity index (χ3v) is 3.92. The van der Waals surface area contributed by atoms with Gasteiger partial charge in [-0.2, -0.15) is 0 Å². The smallest absolute Gasteiger partial charge is 0.258 e. The summed E-state index contributed by atoms with van der Waals surface area (Å²) in [7, 11) is 1.51. The van der Waals surface area contributed by atoms with Crippen LogP contribution in [0.15, 0.2) is 18.2 Å². The molecule has 3 N–H and O–H groups in total. The first kappa shape index (κ1) is 15.6. The molecule has 1 aliphatic carbocycles. The molecule has 21 heavy (non-hydrogen) atoms. The van der Waals surface area contributed by atoms with Crippen molar-refractivity contribution in [3.63, 3.8) is 0 Å². The predicted octanol–water partition coefficient (Wildman–Crippen LogP) is 2.07. The minimum Gasteiger partial charge on any atom is -0.507 e. The first-order chi connectivity index (χ1) is 10.0. The Balaban J connectivity index is 2.26. The molecule has 5 nitrogen and oxygen atoms in total. The lowest BCUT2D eigenvalue weighted by molar-refractivity contribution is 0.0711. The van der Waals surface area contributed by atoms with E-state index in [4.69, 9.17) is 22.7 Å². The van der Waals surface area contributed by atoms with Crippen LogP contribution in [0.5, 0.6) is 11.5 Å². The van der Waals surface area contributed by atoms with Crippen LogP contribution in [-0.2, 0) is 0 Å². The number of nitrogens with zero attached hydrogens (tertiary/aromatic N) is 1. The second-order valence-electron chi connectivity index (χ2n) is 5.22. The molecule has 0 aromatic heterocycles. The Hall–Kier alpha value is -1.82. The molecule has 0 spiro atoms. The number of thiocarbonyl (C=S) groups is 1. The van der Waals surface area contributed by atoms with Gasteiger partial charge in [0.2, 0.25) is 0 Å². The largest absolute Gasteiger partial charge is 0.507 e. The Morgan fingerprint density at radius 2 is 2.14 bits per heavy atom.